The van der Waals surface area contributed by atoms with E-state index in [0.717, 1.165) is 38.8 Å². The predicted octanol–water partition coefficient (Wildman–Crippen LogP) is 1.57. The fourth-order valence-corrected chi connectivity index (χ4v) is 2.68. The Hall–Kier alpha value is -2.09. The standard InChI is InChI=1S/C16H27N5O3/c1-3-4-11-24-15(22)19-12-16(23-2)6-9-21(10-7-16)14-18-8-5-13(17)20-14/h5,8H,3-4,6-7,9-12H2,1-2H3,(H,19,22)(H2,17,18,20). The van der Waals surface area contributed by atoms with Crippen LogP contribution in [-0.2, 0) is 9.47 Å². The number of nitrogens with zero attached hydrogens (tertiary/aromatic N) is 3. The van der Waals surface area contributed by atoms with Gasteiger partial charge in [0.15, 0.2) is 0 Å². The molecule has 2 rings (SSSR count). The number of piperidine rings is 1. The molecule has 1 aliphatic heterocycles. The van der Waals surface area contributed by atoms with Gasteiger partial charge in [0.05, 0.1) is 18.8 Å². The zero-order valence-corrected chi connectivity index (χ0v) is 14.5. The zero-order valence-electron chi connectivity index (χ0n) is 14.5. The third kappa shape index (κ3) is 4.95. The second-order valence-corrected chi connectivity index (χ2v) is 6.00. The summed E-state index contributed by atoms with van der Waals surface area (Å²) in [6, 6.07) is 1.67. The summed E-state index contributed by atoms with van der Waals surface area (Å²) in [5.41, 5.74) is 5.32. The van der Waals surface area contributed by atoms with Crippen molar-refractivity contribution in [3.63, 3.8) is 0 Å². The summed E-state index contributed by atoms with van der Waals surface area (Å²) in [6.45, 7) is 4.41. The highest BCUT2D eigenvalue weighted by Gasteiger charge is 2.35. The van der Waals surface area contributed by atoms with E-state index in [1.165, 1.54) is 0 Å². The number of carbonyl (C=O) groups is 1. The number of carbonyl (C=O) groups excluding carboxylic acids is 1. The second-order valence-electron chi connectivity index (χ2n) is 6.00. The summed E-state index contributed by atoms with van der Waals surface area (Å²) in [6.07, 6.45) is 4.66. The van der Waals surface area contributed by atoms with Crippen LogP contribution in [0.15, 0.2) is 12.3 Å². The molecular weight excluding hydrogens is 310 g/mol. The molecule has 1 amide bonds. The van der Waals surface area contributed by atoms with Crippen LogP contribution in [0.25, 0.3) is 0 Å². The number of methoxy groups -OCH3 is 1. The van der Waals surface area contributed by atoms with Crippen LogP contribution in [0.5, 0.6) is 0 Å². The van der Waals surface area contributed by atoms with Crippen LogP contribution in [0.1, 0.15) is 32.6 Å². The molecule has 8 nitrogen and oxygen atoms in total. The van der Waals surface area contributed by atoms with Crippen LogP contribution < -0.4 is 16.0 Å². The lowest BCUT2D eigenvalue weighted by atomic mass is 9.91. The summed E-state index contributed by atoms with van der Waals surface area (Å²) in [5, 5.41) is 2.81. The average Bonchev–Trinajstić information content (AvgIpc) is 2.61. The van der Waals surface area contributed by atoms with Gasteiger partial charge in [-0.05, 0) is 25.3 Å². The third-order valence-electron chi connectivity index (χ3n) is 4.34. The molecule has 8 heteroatoms. The Morgan fingerprint density at radius 2 is 2.21 bits per heavy atom. The largest absolute Gasteiger partial charge is 0.450 e. The number of nitrogens with two attached hydrogens (primary N) is 1. The SMILES string of the molecule is CCCCOC(=O)NCC1(OC)CCN(c2nccc(N)n2)CC1. The Morgan fingerprint density at radius 3 is 2.83 bits per heavy atom. The maximum Gasteiger partial charge on any atom is 0.407 e. The van der Waals surface area contributed by atoms with Gasteiger partial charge in [0.2, 0.25) is 5.95 Å². The number of rotatable bonds is 7. The van der Waals surface area contributed by atoms with E-state index in [1.54, 1.807) is 19.4 Å². The fourth-order valence-electron chi connectivity index (χ4n) is 2.68. The summed E-state index contributed by atoms with van der Waals surface area (Å²) in [5.74, 6) is 1.09. The minimum Gasteiger partial charge on any atom is -0.450 e. The van der Waals surface area contributed by atoms with Crippen LogP contribution in [0.4, 0.5) is 16.6 Å². The van der Waals surface area contributed by atoms with Crippen LogP contribution in [-0.4, -0.2) is 55.0 Å². The summed E-state index contributed by atoms with van der Waals surface area (Å²) < 4.78 is 10.8. The highest BCUT2D eigenvalue weighted by molar-refractivity contribution is 5.67. The van der Waals surface area contributed by atoms with Gasteiger partial charge in [-0.1, -0.05) is 13.3 Å². The maximum absolute atomic E-state index is 11.7. The van der Waals surface area contributed by atoms with Crippen LogP contribution in [0.2, 0.25) is 0 Å². The molecule has 1 fully saturated rings. The van der Waals surface area contributed by atoms with E-state index >= 15 is 0 Å². The molecule has 0 atom stereocenters. The van der Waals surface area contributed by atoms with Gasteiger partial charge in [0.1, 0.15) is 5.82 Å². The smallest absolute Gasteiger partial charge is 0.407 e. The molecule has 0 aromatic carbocycles. The summed E-state index contributed by atoms with van der Waals surface area (Å²) in [7, 11) is 1.68. The lowest BCUT2D eigenvalue weighted by Crippen LogP contribution is -2.52. The molecule has 0 bridgehead atoms. The Morgan fingerprint density at radius 1 is 1.46 bits per heavy atom. The molecular formula is C16H27N5O3. The average molecular weight is 337 g/mol. The van der Waals surface area contributed by atoms with Gasteiger partial charge < -0.3 is 25.4 Å². The van der Waals surface area contributed by atoms with Gasteiger partial charge in [-0.25, -0.2) is 9.78 Å². The van der Waals surface area contributed by atoms with Crippen molar-refractivity contribution < 1.29 is 14.3 Å². The predicted molar refractivity (Wildman–Crippen MR) is 91.9 cm³/mol. The first-order chi connectivity index (χ1) is 11.6. The van der Waals surface area contributed by atoms with E-state index in [-0.39, 0.29) is 11.7 Å². The van der Waals surface area contributed by atoms with E-state index in [4.69, 9.17) is 15.2 Å². The number of amides is 1. The molecule has 0 unspecified atom stereocenters. The first-order valence-electron chi connectivity index (χ1n) is 8.38. The molecule has 2 heterocycles. The molecule has 0 spiro atoms. The maximum atomic E-state index is 11.7. The fraction of sp³-hybridized carbons (Fsp3) is 0.688. The minimum absolute atomic E-state index is 0.388. The molecule has 1 saturated heterocycles. The van der Waals surface area contributed by atoms with Gasteiger partial charge in [0, 0.05) is 26.4 Å². The Kier molecular flexibility index (Phi) is 6.60. The molecule has 24 heavy (non-hydrogen) atoms. The van der Waals surface area contributed by atoms with Gasteiger partial charge in [-0.2, -0.15) is 4.98 Å². The van der Waals surface area contributed by atoms with Crippen molar-refractivity contribution >= 4 is 17.9 Å². The van der Waals surface area contributed by atoms with Crippen molar-refractivity contribution in [2.45, 2.75) is 38.2 Å². The van der Waals surface area contributed by atoms with Crippen LogP contribution in [0, 0.1) is 0 Å². The van der Waals surface area contributed by atoms with Crippen molar-refractivity contribution in [2.75, 3.05) is 44.0 Å². The molecule has 0 aliphatic carbocycles. The number of anilines is 2. The van der Waals surface area contributed by atoms with Gasteiger partial charge >= 0.3 is 6.09 Å². The van der Waals surface area contributed by atoms with Gasteiger partial charge in [0.25, 0.3) is 0 Å². The number of hydrogen-bond acceptors (Lipinski definition) is 7. The molecule has 134 valence electrons. The van der Waals surface area contributed by atoms with Crippen molar-refractivity contribution in [3.05, 3.63) is 12.3 Å². The number of nitrogen functional groups attached to an aromatic ring is 1. The third-order valence-corrected chi connectivity index (χ3v) is 4.34. The normalized spacial score (nSPS) is 16.7. The molecule has 1 aliphatic rings. The number of aromatic nitrogens is 2. The second kappa shape index (κ2) is 8.68. The number of nitrogens with one attached hydrogen (secondary N) is 1. The molecule has 1 aromatic heterocycles. The highest BCUT2D eigenvalue weighted by atomic mass is 16.5. The van der Waals surface area contributed by atoms with Crippen molar-refractivity contribution in [1.82, 2.24) is 15.3 Å². The van der Waals surface area contributed by atoms with Crippen molar-refractivity contribution in [3.8, 4) is 0 Å². The molecule has 0 radical (unpaired) electrons. The Labute approximate surface area is 142 Å². The number of hydrogen-bond donors (Lipinski definition) is 2. The van der Waals surface area contributed by atoms with Crippen LogP contribution >= 0.6 is 0 Å². The zero-order chi connectivity index (χ0) is 17.4. The quantitative estimate of drug-likeness (QED) is 0.728. The van der Waals surface area contributed by atoms with E-state index in [0.29, 0.717) is 24.9 Å². The topological polar surface area (TPSA) is 103 Å². The van der Waals surface area contributed by atoms with Crippen LogP contribution in [0.3, 0.4) is 0 Å². The number of unbranched alkanes of at least 4 members (excludes halogenated alkanes) is 1. The number of ether oxygens (including phenoxy) is 2. The Balaban J connectivity index is 1.83. The van der Waals surface area contributed by atoms with E-state index in [1.807, 2.05) is 0 Å². The van der Waals surface area contributed by atoms with Gasteiger partial charge in [-0.15, -0.1) is 0 Å². The summed E-state index contributed by atoms with van der Waals surface area (Å²) >= 11 is 0. The first kappa shape index (κ1) is 18.3. The van der Waals surface area contributed by atoms with Gasteiger partial charge in [-0.3, -0.25) is 0 Å². The highest BCUT2D eigenvalue weighted by Crippen LogP contribution is 2.27. The van der Waals surface area contributed by atoms with E-state index in [2.05, 4.69) is 27.1 Å². The van der Waals surface area contributed by atoms with E-state index < -0.39 is 0 Å². The van der Waals surface area contributed by atoms with Crippen molar-refractivity contribution in [2.24, 2.45) is 0 Å². The lowest BCUT2D eigenvalue weighted by Gasteiger charge is -2.40. The lowest BCUT2D eigenvalue weighted by molar-refractivity contribution is -0.0280. The number of alkyl carbamates (subject to hydrolysis) is 1. The minimum atomic E-state index is -0.388. The van der Waals surface area contributed by atoms with Crippen molar-refractivity contribution in [1.29, 1.82) is 0 Å². The molecule has 1 aromatic rings. The first-order valence-corrected chi connectivity index (χ1v) is 8.38. The molecule has 3 N–H and O–H groups in total. The summed E-state index contributed by atoms with van der Waals surface area (Å²) in [4.78, 5) is 22.3. The molecule has 0 saturated carbocycles. The monoisotopic (exact) mass is 337 g/mol. The Bertz CT molecular complexity index is 532. The van der Waals surface area contributed by atoms with E-state index in [9.17, 15) is 4.79 Å².